The zero-order valence-corrected chi connectivity index (χ0v) is 20.3. The van der Waals surface area contributed by atoms with E-state index in [0.29, 0.717) is 16.3 Å². The first-order valence-corrected chi connectivity index (χ1v) is 11.3. The molecule has 3 aromatic carbocycles. The van der Waals surface area contributed by atoms with Gasteiger partial charge in [0.25, 0.3) is 0 Å². The van der Waals surface area contributed by atoms with Gasteiger partial charge in [-0.2, -0.15) is 5.26 Å². The van der Waals surface area contributed by atoms with Gasteiger partial charge in [0.05, 0.1) is 37.4 Å². The number of carbonyl (C=O) groups is 2. The Bertz CT molecular complexity index is 1440. The maximum Gasteiger partial charge on any atom is 0.355 e. The molecule has 1 aliphatic rings. The number of esters is 2. The van der Waals surface area contributed by atoms with Gasteiger partial charge in [0.2, 0.25) is 0 Å². The van der Waals surface area contributed by atoms with Gasteiger partial charge in [-0.1, -0.05) is 66.2 Å². The average Bonchev–Trinajstić information content (AvgIpc) is 2.92. The SMILES string of the molecule is COC(=O)C1=C(C(=O)OC)N(c2cccc(-c3cccc(Cl)c3)c2)C(N)=C(C#N)C1c1ccccc1. The molecular formula is C28H22ClN3O4. The summed E-state index contributed by atoms with van der Waals surface area (Å²) in [6, 6.07) is 25.4. The molecule has 0 radical (unpaired) electrons. The number of carbonyl (C=O) groups excluding carboxylic acids is 2. The summed E-state index contributed by atoms with van der Waals surface area (Å²) in [5, 5.41) is 10.7. The van der Waals surface area contributed by atoms with Crippen molar-refractivity contribution in [1.29, 1.82) is 5.26 Å². The van der Waals surface area contributed by atoms with Crippen LogP contribution in [-0.2, 0) is 19.1 Å². The Morgan fingerprint density at radius 2 is 1.56 bits per heavy atom. The molecule has 1 heterocycles. The van der Waals surface area contributed by atoms with Crippen LogP contribution in [0.4, 0.5) is 5.69 Å². The Labute approximate surface area is 213 Å². The largest absolute Gasteiger partial charge is 0.466 e. The Morgan fingerprint density at radius 3 is 2.17 bits per heavy atom. The molecule has 0 spiro atoms. The van der Waals surface area contributed by atoms with Crippen molar-refractivity contribution in [2.24, 2.45) is 5.73 Å². The van der Waals surface area contributed by atoms with E-state index in [1.807, 2.05) is 24.3 Å². The van der Waals surface area contributed by atoms with Crippen LogP contribution in [0, 0.1) is 11.3 Å². The maximum absolute atomic E-state index is 13.2. The fourth-order valence-electron chi connectivity index (χ4n) is 4.27. The molecule has 0 bridgehead atoms. The average molecular weight is 500 g/mol. The predicted molar refractivity (Wildman–Crippen MR) is 136 cm³/mol. The molecule has 0 aromatic heterocycles. The zero-order valence-electron chi connectivity index (χ0n) is 19.6. The van der Waals surface area contributed by atoms with Crippen LogP contribution >= 0.6 is 11.6 Å². The first kappa shape index (κ1) is 24.6. The molecule has 0 aliphatic carbocycles. The number of hydrogen-bond donors (Lipinski definition) is 1. The van der Waals surface area contributed by atoms with E-state index in [-0.39, 0.29) is 22.7 Å². The molecular weight excluding hydrogens is 478 g/mol. The predicted octanol–water partition coefficient (Wildman–Crippen LogP) is 4.90. The first-order chi connectivity index (χ1) is 17.4. The third kappa shape index (κ3) is 4.42. The van der Waals surface area contributed by atoms with Crippen molar-refractivity contribution >= 4 is 29.2 Å². The van der Waals surface area contributed by atoms with Crippen molar-refractivity contribution < 1.29 is 19.1 Å². The van der Waals surface area contributed by atoms with E-state index in [9.17, 15) is 14.9 Å². The van der Waals surface area contributed by atoms with Gasteiger partial charge in [0.1, 0.15) is 11.5 Å². The van der Waals surface area contributed by atoms with E-state index >= 15 is 0 Å². The highest BCUT2D eigenvalue weighted by molar-refractivity contribution is 6.30. The van der Waals surface area contributed by atoms with E-state index in [4.69, 9.17) is 26.8 Å². The molecule has 0 saturated carbocycles. The molecule has 0 fully saturated rings. The number of nitrogens with zero attached hydrogens (tertiary/aromatic N) is 2. The van der Waals surface area contributed by atoms with Gasteiger partial charge in [-0.3, -0.25) is 4.90 Å². The quantitative estimate of drug-likeness (QED) is 0.497. The van der Waals surface area contributed by atoms with E-state index in [0.717, 1.165) is 11.1 Å². The summed E-state index contributed by atoms with van der Waals surface area (Å²) < 4.78 is 10.1. The monoisotopic (exact) mass is 499 g/mol. The molecule has 3 aromatic rings. The molecule has 1 aliphatic heterocycles. The van der Waals surface area contributed by atoms with Crippen LogP contribution < -0.4 is 10.6 Å². The lowest BCUT2D eigenvalue weighted by Crippen LogP contribution is -2.40. The van der Waals surface area contributed by atoms with E-state index in [1.54, 1.807) is 54.6 Å². The third-order valence-electron chi connectivity index (χ3n) is 5.87. The van der Waals surface area contributed by atoms with Crippen LogP contribution in [0.2, 0.25) is 5.02 Å². The van der Waals surface area contributed by atoms with Gasteiger partial charge < -0.3 is 15.2 Å². The summed E-state index contributed by atoms with van der Waals surface area (Å²) in [5.74, 6) is -2.50. The van der Waals surface area contributed by atoms with Gasteiger partial charge in [0.15, 0.2) is 0 Å². The van der Waals surface area contributed by atoms with Gasteiger partial charge in [-0.15, -0.1) is 0 Å². The number of nitrogens with two attached hydrogens (primary N) is 1. The number of nitriles is 1. The zero-order chi connectivity index (χ0) is 25.8. The van der Waals surface area contributed by atoms with E-state index < -0.39 is 17.9 Å². The Balaban J connectivity index is 2.01. The van der Waals surface area contributed by atoms with Crippen LogP contribution in [0.1, 0.15) is 11.5 Å². The van der Waals surface area contributed by atoms with Crippen molar-refractivity contribution in [2.75, 3.05) is 19.1 Å². The summed E-state index contributed by atoms with van der Waals surface area (Å²) in [4.78, 5) is 27.7. The molecule has 0 amide bonds. The number of rotatable bonds is 5. The lowest BCUT2D eigenvalue weighted by atomic mass is 9.81. The standard InChI is InChI=1S/C28H22ClN3O4/c1-35-27(33)24-23(17-8-4-3-5-9-17)22(16-30)26(31)32(25(24)28(34)36-2)21-13-7-11-19(15-21)18-10-6-12-20(29)14-18/h3-15,23H,31H2,1-2H3. The molecule has 0 saturated heterocycles. The second kappa shape index (κ2) is 10.4. The minimum absolute atomic E-state index is 0.00245. The molecule has 1 unspecified atom stereocenters. The fraction of sp³-hybridized carbons (Fsp3) is 0.107. The van der Waals surface area contributed by atoms with Crippen molar-refractivity contribution in [1.82, 2.24) is 0 Å². The minimum Gasteiger partial charge on any atom is -0.466 e. The van der Waals surface area contributed by atoms with Crippen LogP contribution in [-0.4, -0.2) is 26.2 Å². The van der Waals surface area contributed by atoms with Crippen molar-refractivity contribution in [3.63, 3.8) is 0 Å². The lowest BCUT2D eigenvalue weighted by Gasteiger charge is -2.36. The molecule has 36 heavy (non-hydrogen) atoms. The fourth-order valence-corrected chi connectivity index (χ4v) is 4.46. The molecule has 4 rings (SSSR count). The van der Waals surface area contributed by atoms with Crippen molar-refractivity contribution in [3.05, 3.63) is 112 Å². The summed E-state index contributed by atoms with van der Waals surface area (Å²) in [6.45, 7) is 0. The molecule has 1 atom stereocenters. The molecule has 8 heteroatoms. The third-order valence-corrected chi connectivity index (χ3v) is 6.11. The van der Waals surface area contributed by atoms with E-state index in [2.05, 4.69) is 6.07 Å². The highest BCUT2D eigenvalue weighted by Gasteiger charge is 2.43. The Hall–Kier alpha value is -4.54. The summed E-state index contributed by atoms with van der Waals surface area (Å²) >= 11 is 6.18. The Morgan fingerprint density at radius 1 is 0.917 bits per heavy atom. The lowest BCUT2D eigenvalue weighted by molar-refractivity contribution is -0.139. The highest BCUT2D eigenvalue weighted by Crippen LogP contribution is 2.43. The van der Waals surface area contributed by atoms with Gasteiger partial charge in [-0.05, 0) is 41.0 Å². The number of benzene rings is 3. The second-order valence-electron chi connectivity index (χ2n) is 7.90. The Kier molecular flexibility index (Phi) is 7.09. The first-order valence-electron chi connectivity index (χ1n) is 10.9. The van der Waals surface area contributed by atoms with Gasteiger partial charge in [-0.25, -0.2) is 9.59 Å². The smallest absolute Gasteiger partial charge is 0.355 e. The summed E-state index contributed by atoms with van der Waals surface area (Å²) in [6.07, 6.45) is 0. The summed E-state index contributed by atoms with van der Waals surface area (Å²) in [7, 11) is 2.42. The topological polar surface area (TPSA) is 106 Å². The molecule has 180 valence electrons. The van der Waals surface area contributed by atoms with Crippen LogP contribution in [0.5, 0.6) is 0 Å². The number of ether oxygens (including phenoxy) is 2. The highest BCUT2D eigenvalue weighted by atomic mass is 35.5. The van der Waals surface area contributed by atoms with Crippen molar-refractivity contribution in [2.45, 2.75) is 5.92 Å². The summed E-state index contributed by atoms with van der Waals surface area (Å²) in [5.41, 5.74) is 9.16. The van der Waals surface area contributed by atoms with Gasteiger partial charge in [0, 0.05) is 10.7 Å². The number of halogens is 1. The van der Waals surface area contributed by atoms with Crippen LogP contribution in [0.15, 0.2) is 102 Å². The molecule has 2 N–H and O–H groups in total. The second-order valence-corrected chi connectivity index (χ2v) is 8.33. The molecule has 7 nitrogen and oxygen atoms in total. The van der Waals surface area contributed by atoms with Crippen LogP contribution in [0.25, 0.3) is 11.1 Å². The van der Waals surface area contributed by atoms with Crippen LogP contribution in [0.3, 0.4) is 0 Å². The van der Waals surface area contributed by atoms with E-state index in [1.165, 1.54) is 19.1 Å². The number of allylic oxidation sites excluding steroid dienone is 1. The number of anilines is 1. The van der Waals surface area contributed by atoms with Crippen molar-refractivity contribution in [3.8, 4) is 17.2 Å². The number of hydrogen-bond acceptors (Lipinski definition) is 7. The van der Waals surface area contributed by atoms with Gasteiger partial charge >= 0.3 is 11.9 Å². The number of methoxy groups -OCH3 is 2. The maximum atomic E-state index is 13.2. The normalized spacial score (nSPS) is 15.4. The minimum atomic E-state index is -0.926.